The Kier molecular flexibility index (Phi) is 23.6. The maximum absolute atomic E-state index is 13.5. The lowest BCUT2D eigenvalue weighted by Gasteiger charge is -2.38. The first-order valence-corrected chi connectivity index (χ1v) is 36.4. The second-order valence-corrected chi connectivity index (χ2v) is 28.5. The van der Waals surface area contributed by atoms with Gasteiger partial charge in [-0.1, -0.05) is 88.2 Å². The number of ether oxygens (including phenoxy) is 3. The van der Waals surface area contributed by atoms with Gasteiger partial charge in [-0.25, -0.2) is 19.1 Å². The molecule has 30 heteroatoms. The van der Waals surface area contributed by atoms with E-state index in [1.807, 2.05) is 73.5 Å². The standard InChI is InChI=1S/C25H25Cl3N4O3.2C25H19Cl3N4O3/c1-14-4-3-5-15(2)31(14)30-25(33)23-19-13-34-12-16(10-18-7-9-22(28)35-18)24(19)32(29-23)21-8-6-17(26)11-20(21)27;2*1-14(20-4-2-3-9-29-20)30-25(33)23-18-13-34-12-15(10-17-6-8-22(28)35-17)24(18)32(31-23)21-7-5-16(26)11-19(21)27/h6-11,14-15H,3-5,12-13H2,1-2H3,(H,30,33);2*2-11,14H,12-13H2,1H3,(H,30,33)/b16-10+;2*15-10+/t;14-;/m.1./s1. The second kappa shape index (κ2) is 33.1. The number of aromatic nitrogens is 8. The van der Waals surface area contributed by atoms with Crippen molar-refractivity contribution in [3.8, 4) is 17.1 Å². The number of piperidine rings is 1. The average Bonchev–Trinajstić information content (AvgIpc) is 1.63. The van der Waals surface area contributed by atoms with Gasteiger partial charge in [0.15, 0.2) is 32.7 Å². The molecule has 12 heterocycles. The van der Waals surface area contributed by atoms with E-state index < -0.39 is 0 Å². The number of carbonyl (C=O) groups is 3. The van der Waals surface area contributed by atoms with Crippen molar-refractivity contribution in [3.05, 3.63) is 265 Å². The molecule has 21 nitrogen and oxygen atoms in total. The summed E-state index contributed by atoms with van der Waals surface area (Å²) >= 11 is 55.9. The summed E-state index contributed by atoms with van der Waals surface area (Å²) in [7, 11) is 0. The SMILES string of the molecule is CC(NC(=O)c1nn(-c2ccc(Cl)cc2Cl)c2c1COC/C2=C\c1ccc(Cl)o1)c1ccccn1.CC1CCCC(C)N1NC(=O)c1nn(-c2ccc(Cl)cc2Cl)c2c1COC/C2=C\c1ccc(Cl)o1.C[C@@H](NC(=O)c1nn(-c2ccc(Cl)cc2Cl)c2c1COC/C2=C\c1ccc(Cl)o1)c1ccccn1. The van der Waals surface area contributed by atoms with Crippen molar-refractivity contribution in [1.29, 1.82) is 0 Å². The number of rotatable bonds is 14. The molecule has 0 radical (unpaired) electrons. The molecule has 105 heavy (non-hydrogen) atoms. The van der Waals surface area contributed by atoms with Crippen LogP contribution >= 0.6 is 104 Å². The lowest BCUT2D eigenvalue weighted by Crippen LogP contribution is -2.54. The van der Waals surface area contributed by atoms with Crippen LogP contribution in [-0.2, 0) is 34.0 Å². The number of hydrazine groups is 1. The van der Waals surface area contributed by atoms with Crippen molar-refractivity contribution in [2.45, 2.75) is 90.9 Å². The minimum absolute atomic E-state index is 0.206. The molecule has 0 aliphatic carbocycles. The van der Waals surface area contributed by atoms with Gasteiger partial charge in [0, 0.05) is 73.0 Å². The van der Waals surface area contributed by atoms with Crippen molar-refractivity contribution in [2.24, 2.45) is 0 Å². The largest absolute Gasteiger partial charge is 0.445 e. The molecule has 3 N–H and O–H groups in total. The molecule has 4 aliphatic rings. The fraction of sp³-hybridized carbons (Fsp3) is 0.227. The number of hydrogen-bond donors (Lipinski definition) is 3. The van der Waals surface area contributed by atoms with Gasteiger partial charge in [-0.05, 0) is 209 Å². The van der Waals surface area contributed by atoms with Crippen molar-refractivity contribution in [1.82, 2.24) is 60.4 Å². The van der Waals surface area contributed by atoms with Crippen LogP contribution in [0.4, 0.5) is 0 Å². The zero-order valence-electron chi connectivity index (χ0n) is 56.3. The first-order valence-electron chi connectivity index (χ1n) is 33.0. The predicted molar refractivity (Wildman–Crippen MR) is 407 cm³/mol. The molecule has 4 atom stereocenters. The Morgan fingerprint density at radius 1 is 0.448 bits per heavy atom. The highest BCUT2D eigenvalue weighted by Crippen LogP contribution is 2.40. The fourth-order valence-electron chi connectivity index (χ4n) is 12.6. The molecule has 0 spiro atoms. The van der Waals surface area contributed by atoms with Crippen molar-refractivity contribution in [2.75, 3.05) is 19.8 Å². The Bertz CT molecular complexity index is 4930. The summed E-state index contributed by atoms with van der Waals surface area (Å²) < 4.78 is 39.1. The molecule has 0 saturated carbocycles. The highest BCUT2D eigenvalue weighted by Gasteiger charge is 2.36. The predicted octanol–water partition coefficient (Wildman–Crippen LogP) is 19.2. The van der Waals surface area contributed by atoms with Gasteiger partial charge in [-0.2, -0.15) is 15.3 Å². The number of pyridine rings is 2. The van der Waals surface area contributed by atoms with Crippen LogP contribution in [0.25, 0.3) is 52.0 Å². The molecule has 540 valence electrons. The number of fused-ring (bicyclic) bond motifs is 3. The third-order valence-corrected chi connectivity index (χ3v) is 19.8. The van der Waals surface area contributed by atoms with Crippen molar-refractivity contribution < 1.29 is 41.8 Å². The van der Waals surface area contributed by atoms with E-state index in [2.05, 4.69) is 50.1 Å². The van der Waals surface area contributed by atoms with Crippen LogP contribution in [0.15, 0.2) is 153 Å². The summed E-state index contributed by atoms with van der Waals surface area (Å²) in [5.41, 5.74) is 13.5. The molecule has 3 amide bonds. The summed E-state index contributed by atoms with van der Waals surface area (Å²) in [5, 5.41) is 25.6. The van der Waals surface area contributed by atoms with Crippen LogP contribution in [0.1, 0.15) is 153 Å². The number of amides is 3. The number of benzene rings is 3. The van der Waals surface area contributed by atoms with Gasteiger partial charge < -0.3 is 38.1 Å². The van der Waals surface area contributed by atoms with Gasteiger partial charge in [0.2, 0.25) is 0 Å². The normalized spacial score (nSPS) is 17.4. The Morgan fingerprint density at radius 2 is 0.790 bits per heavy atom. The van der Waals surface area contributed by atoms with E-state index in [4.69, 9.17) is 137 Å². The van der Waals surface area contributed by atoms with E-state index in [-0.39, 0.29) is 102 Å². The first kappa shape index (κ1) is 74.8. The van der Waals surface area contributed by atoms with Crippen LogP contribution in [-0.4, -0.2) is 93.9 Å². The Labute approximate surface area is 647 Å². The number of nitrogens with zero attached hydrogens (tertiary/aromatic N) is 9. The Morgan fingerprint density at radius 3 is 1.10 bits per heavy atom. The summed E-state index contributed by atoms with van der Waals surface area (Å²) in [5.74, 6) is 0.676. The molecule has 1 saturated heterocycles. The smallest absolute Gasteiger partial charge is 0.286 e. The number of carbonyl (C=O) groups excluding carboxylic acids is 3. The van der Waals surface area contributed by atoms with Gasteiger partial charge in [0.1, 0.15) is 17.3 Å². The number of hydrogen-bond acceptors (Lipinski definition) is 15. The summed E-state index contributed by atoms with van der Waals surface area (Å²) in [6.07, 6.45) is 12.0. The quantitative estimate of drug-likeness (QED) is 0.0918. The fourth-order valence-corrected chi connectivity index (χ4v) is 14.5. The van der Waals surface area contributed by atoms with Crippen molar-refractivity contribution in [3.63, 3.8) is 0 Å². The molecule has 11 aromatic rings. The highest BCUT2D eigenvalue weighted by atomic mass is 35.5. The molecule has 3 aromatic carbocycles. The van der Waals surface area contributed by atoms with Crippen LogP contribution < -0.4 is 16.1 Å². The molecule has 15 rings (SSSR count). The average molecular weight is 1600 g/mol. The van der Waals surface area contributed by atoms with Gasteiger partial charge in [-0.15, -0.1) is 0 Å². The summed E-state index contributed by atoms with van der Waals surface area (Å²) in [6, 6.07) is 36.6. The number of nitrogens with one attached hydrogen (secondary N) is 3. The summed E-state index contributed by atoms with van der Waals surface area (Å²) in [4.78, 5) is 48.9. The third-order valence-electron chi connectivity index (χ3n) is 17.5. The zero-order valence-corrected chi connectivity index (χ0v) is 63.1. The molecule has 0 bridgehead atoms. The van der Waals surface area contributed by atoms with Crippen LogP contribution in [0.2, 0.25) is 45.8 Å². The minimum Gasteiger partial charge on any atom is -0.445 e. The maximum atomic E-state index is 13.5. The van der Waals surface area contributed by atoms with Gasteiger partial charge >= 0.3 is 0 Å². The minimum atomic E-state index is -0.353. The second-order valence-electron chi connectivity index (χ2n) is 24.8. The molecule has 3 unspecified atom stereocenters. The van der Waals surface area contributed by atoms with Gasteiger partial charge in [0.05, 0.1) is 112 Å². The maximum Gasteiger partial charge on any atom is 0.286 e. The number of halogens is 9. The van der Waals surface area contributed by atoms with Crippen LogP contribution in [0.5, 0.6) is 0 Å². The van der Waals surface area contributed by atoms with E-state index in [1.165, 1.54) is 0 Å². The van der Waals surface area contributed by atoms with E-state index in [0.717, 1.165) is 53.1 Å². The third kappa shape index (κ3) is 17.0. The van der Waals surface area contributed by atoms with E-state index in [9.17, 15) is 14.4 Å². The lowest BCUT2D eigenvalue weighted by atomic mass is 9.99. The van der Waals surface area contributed by atoms with E-state index >= 15 is 0 Å². The molecule has 1 fully saturated rings. The lowest BCUT2D eigenvalue weighted by molar-refractivity contribution is 0.0363. The monoisotopic (exact) mass is 1590 g/mol. The molecular formula is C75H63Cl9N12O9. The Balaban J connectivity index is 0.000000140. The highest BCUT2D eigenvalue weighted by molar-refractivity contribution is 6.37. The first-order chi connectivity index (χ1) is 50.6. The molecule has 8 aromatic heterocycles. The molecule has 4 aliphatic heterocycles. The van der Waals surface area contributed by atoms with Gasteiger partial charge in [-0.3, -0.25) is 29.8 Å². The van der Waals surface area contributed by atoms with Crippen molar-refractivity contribution >= 4 is 157 Å². The Hall–Kier alpha value is -8.49. The van der Waals surface area contributed by atoms with Crippen LogP contribution in [0.3, 0.4) is 0 Å². The van der Waals surface area contributed by atoms with Crippen LogP contribution in [0, 0.1) is 0 Å². The number of furan rings is 3. The molecular weight excluding hydrogens is 1530 g/mol. The zero-order chi connectivity index (χ0) is 73.7. The topological polar surface area (TPSA) is 237 Å². The van der Waals surface area contributed by atoms with E-state index in [0.29, 0.717) is 105 Å². The van der Waals surface area contributed by atoms with Gasteiger partial charge in [0.25, 0.3) is 17.7 Å². The summed E-state index contributed by atoms with van der Waals surface area (Å²) in [6.45, 7) is 9.50. The van der Waals surface area contributed by atoms with E-state index in [1.54, 1.807) is 117 Å².